The Labute approximate surface area is 114 Å². The summed E-state index contributed by atoms with van der Waals surface area (Å²) in [5.41, 5.74) is 5.19. The van der Waals surface area contributed by atoms with Crippen molar-refractivity contribution in [3.8, 4) is 0 Å². The van der Waals surface area contributed by atoms with E-state index in [1.807, 2.05) is 6.08 Å². The SMILES string of the molecule is CCCCCCCC=CN.O=C(O)CCC(=O)OO. The number of carbonyl (C=O) groups is 2. The third kappa shape index (κ3) is 22.2. The maximum Gasteiger partial charge on any atom is 0.342 e. The molecule has 0 fully saturated rings. The molecule has 0 aromatic heterocycles. The first kappa shape index (κ1) is 19.8. The Kier molecular flexibility index (Phi) is 17.1. The first-order valence-electron chi connectivity index (χ1n) is 6.51. The van der Waals surface area contributed by atoms with E-state index < -0.39 is 11.9 Å². The van der Waals surface area contributed by atoms with Crippen LogP contribution < -0.4 is 5.73 Å². The highest BCUT2D eigenvalue weighted by Gasteiger charge is 2.04. The number of aliphatic carboxylic acids is 1. The van der Waals surface area contributed by atoms with Gasteiger partial charge in [0.2, 0.25) is 0 Å². The molecule has 0 amide bonds. The molecule has 0 aromatic rings. The Balaban J connectivity index is 0. The molecule has 112 valence electrons. The lowest BCUT2D eigenvalue weighted by atomic mass is 10.1. The lowest BCUT2D eigenvalue weighted by Crippen LogP contribution is -2.04. The molecule has 6 nitrogen and oxygen atoms in total. The van der Waals surface area contributed by atoms with Crippen molar-refractivity contribution in [1.29, 1.82) is 0 Å². The van der Waals surface area contributed by atoms with Crippen LogP contribution in [0.4, 0.5) is 0 Å². The van der Waals surface area contributed by atoms with Crippen molar-refractivity contribution in [3.05, 3.63) is 12.3 Å². The zero-order chi connectivity index (χ0) is 14.9. The van der Waals surface area contributed by atoms with Crippen LogP contribution in [0, 0.1) is 0 Å². The normalized spacial score (nSPS) is 9.79. The van der Waals surface area contributed by atoms with Gasteiger partial charge in [-0.05, 0) is 19.0 Å². The van der Waals surface area contributed by atoms with Crippen molar-refractivity contribution in [1.82, 2.24) is 0 Å². The smallest absolute Gasteiger partial charge is 0.342 e. The van der Waals surface area contributed by atoms with Gasteiger partial charge in [0, 0.05) is 0 Å². The van der Waals surface area contributed by atoms with Gasteiger partial charge in [-0.15, -0.1) is 0 Å². The molecule has 0 aliphatic carbocycles. The minimum Gasteiger partial charge on any atom is -0.481 e. The molecule has 19 heavy (non-hydrogen) atoms. The number of hydrogen-bond acceptors (Lipinski definition) is 5. The number of carbonyl (C=O) groups excluding carboxylic acids is 1. The molecular formula is C13H25NO5. The first-order valence-corrected chi connectivity index (χ1v) is 6.51. The molecule has 6 heteroatoms. The summed E-state index contributed by atoms with van der Waals surface area (Å²) in [6, 6.07) is 0. The van der Waals surface area contributed by atoms with Crippen LogP contribution in [-0.4, -0.2) is 22.3 Å². The zero-order valence-electron chi connectivity index (χ0n) is 11.5. The molecule has 0 radical (unpaired) electrons. The van der Waals surface area contributed by atoms with Crippen molar-refractivity contribution in [2.75, 3.05) is 0 Å². The van der Waals surface area contributed by atoms with E-state index in [4.69, 9.17) is 16.1 Å². The molecule has 0 aromatic carbocycles. The Bertz CT molecular complexity index is 253. The molecule has 0 aliphatic heterocycles. The van der Waals surface area contributed by atoms with Crippen molar-refractivity contribution in [2.24, 2.45) is 5.73 Å². The van der Waals surface area contributed by atoms with E-state index in [0.29, 0.717) is 0 Å². The van der Waals surface area contributed by atoms with Gasteiger partial charge in [-0.25, -0.2) is 4.79 Å². The van der Waals surface area contributed by atoms with Gasteiger partial charge in [-0.2, -0.15) is 5.26 Å². The van der Waals surface area contributed by atoms with E-state index in [1.54, 1.807) is 6.20 Å². The predicted molar refractivity (Wildman–Crippen MR) is 72.3 cm³/mol. The summed E-state index contributed by atoms with van der Waals surface area (Å²) in [5.74, 6) is -2.03. The van der Waals surface area contributed by atoms with Crippen molar-refractivity contribution in [2.45, 2.75) is 58.3 Å². The monoisotopic (exact) mass is 275 g/mol. The van der Waals surface area contributed by atoms with Crippen LogP contribution >= 0.6 is 0 Å². The van der Waals surface area contributed by atoms with Crippen LogP contribution in [0.3, 0.4) is 0 Å². The minimum absolute atomic E-state index is 0.300. The molecule has 0 saturated heterocycles. The third-order valence-corrected chi connectivity index (χ3v) is 2.26. The number of allylic oxidation sites excluding steroid dienone is 1. The van der Waals surface area contributed by atoms with E-state index in [-0.39, 0.29) is 12.8 Å². The van der Waals surface area contributed by atoms with Gasteiger partial charge in [0.15, 0.2) is 0 Å². The highest BCUT2D eigenvalue weighted by Crippen LogP contribution is 2.04. The van der Waals surface area contributed by atoms with E-state index in [2.05, 4.69) is 11.8 Å². The summed E-state index contributed by atoms with van der Waals surface area (Å²) < 4.78 is 0. The summed E-state index contributed by atoms with van der Waals surface area (Å²) in [7, 11) is 0. The van der Waals surface area contributed by atoms with Gasteiger partial charge in [0.1, 0.15) is 0 Å². The van der Waals surface area contributed by atoms with Crippen molar-refractivity contribution in [3.63, 3.8) is 0 Å². The Morgan fingerprint density at radius 2 is 1.79 bits per heavy atom. The largest absolute Gasteiger partial charge is 0.481 e. The fraction of sp³-hybridized carbons (Fsp3) is 0.692. The Hall–Kier alpha value is -1.56. The molecule has 0 spiro atoms. The van der Waals surface area contributed by atoms with E-state index in [9.17, 15) is 9.59 Å². The topological polar surface area (TPSA) is 110 Å². The Morgan fingerprint density at radius 1 is 1.16 bits per heavy atom. The van der Waals surface area contributed by atoms with Gasteiger partial charge >= 0.3 is 11.9 Å². The minimum atomic E-state index is -1.10. The maximum absolute atomic E-state index is 9.98. The predicted octanol–water partition coefficient (Wildman–Crippen LogP) is 2.69. The number of hydrogen-bond donors (Lipinski definition) is 3. The fourth-order valence-electron chi connectivity index (χ4n) is 1.22. The molecule has 0 rings (SSSR count). The van der Waals surface area contributed by atoms with E-state index in [1.165, 1.54) is 32.1 Å². The molecule has 0 aliphatic rings. The summed E-state index contributed by atoms with van der Waals surface area (Å²) >= 11 is 0. The molecule has 0 heterocycles. The highest BCUT2D eigenvalue weighted by molar-refractivity contribution is 5.76. The average molecular weight is 275 g/mol. The number of rotatable bonds is 9. The summed E-state index contributed by atoms with van der Waals surface area (Å²) in [5, 5.41) is 15.6. The third-order valence-electron chi connectivity index (χ3n) is 2.26. The molecule has 0 saturated carbocycles. The molecular weight excluding hydrogens is 250 g/mol. The van der Waals surface area contributed by atoms with Crippen molar-refractivity contribution < 1.29 is 24.8 Å². The quantitative estimate of drug-likeness (QED) is 0.339. The van der Waals surface area contributed by atoms with Crippen LogP contribution in [0.25, 0.3) is 0 Å². The zero-order valence-corrected chi connectivity index (χ0v) is 11.5. The van der Waals surface area contributed by atoms with Crippen LogP contribution in [0.5, 0.6) is 0 Å². The molecule has 0 unspecified atom stereocenters. The summed E-state index contributed by atoms with van der Waals surface area (Å²) in [6.45, 7) is 2.24. The number of unbranched alkanes of at least 4 members (excludes halogenated alkanes) is 5. The standard InChI is InChI=1S/C9H19N.C4H6O5/c1-2-3-4-5-6-7-8-9-10;5-3(6)1-2-4(7)9-8/h8-9H,2-7,10H2,1H3;8H,1-2H2,(H,5,6). The van der Waals surface area contributed by atoms with Crippen molar-refractivity contribution >= 4 is 11.9 Å². The van der Waals surface area contributed by atoms with Crippen LogP contribution in [0.1, 0.15) is 58.3 Å². The van der Waals surface area contributed by atoms with Gasteiger partial charge < -0.3 is 15.7 Å². The van der Waals surface area contributed by atoms with Crippen LogP contribution in [0.2, 0.25) is 0 Å². The van der Waals surface area contributed by atoms with Crippen LogP contribution in [-0.2, 0) is 14.5 Å². The van der Waals surface area contributed by atoms with Gasteiger partial charge in [-0.1, -0.05) is 38.7 Å². The average Bonchev–Trinajstić information content (AvgIpc) is 2.40. The summed E-state index contributed by atoms with van der Waals surface area (Å²) in [4.78, 5) is 22.9. The van der Waals surface area contributed by atoms with Crippen LogP contribution in [0.15, 0.2) is 12.3 Å². The number of carboxylic acid groups (broad SMARTS) is 1. The highest BCUT2D eigenvalue weighted by atomic mass is 17.1. The summed E-state index contributed by atoms with van der Waals surface area (Å²) in [6.07, 6.45) is 11.0. The fourth-order valence-corrected chi connectivity index (χ4v) is 1.22. The van der Waals surface area contributed by atoms with Gasteiger partial charge in [0.05, 0.1) is 12.8 Å². The van der Waals surface area contributed by atoms with Gasteiger partial charge in [-0.3, -0.25) is 4.79 Å². The molecule has 0 bridgehead atoms. The maximum atomic E-state index is 9.98. The first-order chi connectivity index (χ1) is 9.08. The molecule has 4 N–H and O–H groups in total. The Morgan fingerprint density at radius 3 is 2.26 bits per heavy atom. The number of nitrogens with two attached hydrogens (primary N) is 1. The second kappa shape index (κ2) is 16.4. The second-order valence-electron chi connectivity index (χ2n) is 3.99. The number of carboxylic acids is 1. The molecule has 0 atom stereocenters. The lowest BCUT2D eigenvalue weighted by molar-refractivity contribution is -0.234. The van der Waals surface area contributed by atoms with E-state index in [0.717, 1.165) is 6.42 Å². The lowest BCUT2D eigenvalue weighted by Gasteiger charge is -1.94. The second-order valence-corrected chi connectivity index (χ2v) is 3.99. The van der Waals surface area contributed by atoms with E-state index >= 15 is 0 Å². The van der Waals surface area contributed by atoms with Gasteiger partial charge in [0.25, 0.3) is 0 Å².